The van der Waals surface area contributed by atoms with Gasteiger partial charge in [-0.05, 0) is 53.8 Å². The second-order valence-electron chi connectivity index (χ2n) is 9.07. The van der Waals surface area contributed by atoms with E-state index in [4.69, 9.17) is 11.6 Å². The number of fused-ring (bicyclic) bond motifs is 2. The van der Waals surface area contributed by atoms with Crippen molar-refractivity contribution in [2.75, 3.05) is 5.32 Å². The number of nitrogens with one attached hydrogen (secondary N) is 2. The number of aliphatic hydroxyl groups excluding tert-OH is 1. The zero-order valence-corrected chi connectivity index (χ0v) is 21.0. The van der Waals surface area contributed by atoms with Gasteiger partial charge in [-0.1, -0.05) is 66.2 Å². The molecule has 3 aromatic carbocycles. The van der Waals surface area contributed by atoms with Crippen LogP contribution in [0.2, 0.25) is 5.02 Å². The summed E-state index contributed by atoms with van der Waals surface area (Å²) in [4.78, 5) is 38.5. The van der Waals surface area contributed by atoms with Gasteiger partial charge >= 0.3 is 12.0 Å². The average molecular weight is 522 g/mol. The maximum atomic E-state index is 13.1. The third-order valence-electron chi connectivity index (χ3n) is 6.31. The fourth-order valence-corrected chi connectivity index (χ4v) is 4.44. The molecule has 1 aliphatic carbocycles. The second-order valence-corrected chi connectivity index (χ2v) is 9.50. The third kappa shape index (κ3) is 6.67. The predicted molar refractivity (Wildman–Crippen MR) is 140 cm³/mol. The van der Waals surface area contributed by atoms with Crippen LogP contribution in [-0.2, 0) is 29.0 Å². The summed E-state index contributed by atoms with van der Waals surface area (Å²) >= 11 is 5.90. The number of amides is 3. The standard InChI is InChI=1S/C21H22ClN3O5.C7H6/c1-12(26)18(24-21(30)23-16-8-4-7-15(22)10-16)19(27)25-11-14-6-3-2-5-13(14)9-17(25)20(28)29;1-2-4-7-5-6(7)3-1/h2-8,10,12,17-18,26H,9,11H2,1H3,(H,28,29)(H2,23,24,30);1-4H,5H2/t12?,17-,18?;/m1./s1. The number of halogens is 1. The molecule has 3 atom stereocenters. The van der Waals surface area contributed by atoms with Crippen molar-refractivity contribution in [3.05, 3.63) is 100 Å². The summed E-state index contributed by atoms with van der Waals surface area (Å²) in [6, 6.07) is 19.1. The van der Waals surface area contributed by atoms with Crippen molar-refractivity contribution < 1.29 is 24.6 Å². The number of benzene rings is 3. The number of nitrogens with zero attached hydrogens (tertiary/aromatic N) is 1. The molecule has 0 radical (unpaired) electrons. The number of carboxylic acids is 1. The number of hydrogen-bond donors (Lipinski definition) is 4. The highest BCUT2D eigenvalue weighted by Gasteiger charge is 2.39. The Morgan fingerprint density at radius 1 is 0.946 bits per heavy atom. The molecular formula is C28H28ClN3O5. The third-order valence-corrected chi connectivity index (χ3v) is 6.54. The Morgan fingerprint density at radius 2 is 1.57 bits per heavy atom. The summed E-state index contributed by atoms with van der Waals surface area (Å²) in [5, 5.41) is 25.2. The Balaban J connectivity index is 0.000000387. The molecule has 0 saturated carbocycles. The van der Waals surface area contributed by atoms with Gasteiger partial charge in [0.25, 0.3) is 0 Å². The first kappa shape index (κ1) is 26.2. The van der Waals surface area contributed by atoms with Crippen LogP contribution in [0.5, 0.6) is 0 Å². The van der Waals surface area contributed by atoms with Crippen molar-refractivity contribution in [2.24, 2.45) is 0 Å². The smallest absolute Gasteiger partial charge is 0.326 e. The van der Waals surface area contributed by atoms with Gasteiger partial charge in [0.15, 0.2) is 0 Å². The molecule has 37 heavy (non-hydrogen) atoms. The van der Waals surface area contributed by atoms with Crippen LogP contribution in [0.1, 0.15) is 29.2 Å². The Morgan fingerprint density at radius 3 is 2.14 bits per heavy atom. The fraction of sp³-hybridized carbons (Fsp3) is 0.250. The molecule has 192 valence electrons. The van der Waals surface area contributed by atoms with E-state index in [9.17, 15) is 24.6 Å². The van der Waals surface area contributed by atoms with Crippen LogP contribution >= 0.6 is 11.6 Å². The summed E-state index contributed by atoms with van der Waals surface area (Å²) in [5.74, 6) is -1.82. The molecule has 0 fully saturated rings. The van der Waals surface area contributed by atoms with E-state index in [-0.39, 0.29) is 13.0 Å². The van der Waals surface area contributed by atoms with Gasteiger partial charge in [-0.25, -0.2) is 9.59 Å². The van der Waals surface area contributed by atoms with Crippen LogP contribution < -0.4 is 10.6 Å². The van der Waals surface area contributed by atoms with Gasteiger partial charge in [0.2, 0.25) is 5.91 Å². The van der Waals surface area contributed by atoms with Crippen molar-refractivity contribution in [2.45, 2.75) is 44.5 Å². The summed E-state index contributed by atoms with van der Waals surface area (Å²) in [6.45, 7) is 1.43. The molecular weight excluding hydrogens is 494 g/mol. The van der Waals surface area contributed by atoms with Gasteiger partial charge in [-0.15, -0.1) is 0 Å². The minimum Gasteiger partial charge on any atom is -0.480 e. The Bertz CT molecular complexity index is 1290. The molecule has 2 unspecified atom stereocenters. The van der Waals surface area contributed by atoms with Gasteiger partial charge in [0.05, 0.1) is 6.10 Å². The van der Waals surface area contributed by atoms with E-state index in [1.807, 2.05) is 24.3 Å². The van der Waals surface area contributed by atoms with E-state index < -0.39 is 36.1 Å². The lowest BCUT2D eigenvalue weighted by Crippen LogP contribution is -2.59. The molecule has 3 amide bonds. The first-order valence-corrected chi connectivity index (χ1v) is 12.3. The molecule has 4 N–H and O–H groups in total. The van der Waals surface area contributed by atoms with E-state index in [2.05, 4.69) is 34.9 Å². The molecule has 1 heterocycles. The Labute approximate surface area is 219 Å². The van der Waals surface area contributed by atoms with Gasteiger partial charge in [0, 0.05) is 23.7 Å². The second kappa shape index (κ2) is 11.5. The van der Waals surface area contributed by atoms with Crippen LogP contribution in [-0.4, -0.2) is 51.2 Å². The number of carboxylic acid groups (broad SMARTS) is 1. The number of rotatable bonds is 5. The summed E-state index contributed by atoms with van der Waals surface area (Å²) < 4.78 is 0. The first-order valence-electron chi connectivity index (χ1n) is 11.9. The number of carbonyl (C=O) groups is 3. The maximum absolute atomic E-state index is 13.1. The molecule has 0 aromatic heterocycles. The molecule has 8 nitrogen and oxygen atoms in total. The van der Waals surface area contributed by atoms with Crippen molar-refractivity contribution >= 4 is 35.2 Å². The van der Waals surface area contributed by atoms with Crippen molar-refractivity contribution in [3.63, 3.8) is 0 Å². The largest absolute Gasteiger partial charge is 0.480 e. The quantitative estimate of drug-likeness (QED) is 0.318. The van der Waals surface area contributed by atoms with Crippen molar-refractivity contribution in [1.29, 1.82) is 0 Å². The van der Waals surface area contributed by atoms with E-state index in [0.29, 0.717) is 10.7 Å². The fourth-order valence-electron chi connectivity index (χ4n) is 4.25. The summed E-state index contributed by atoms with van der Waals surface area (Å²) in [7, 11) is 0. The van der Waals surface area contributed by atoms with Crippen LogP contribution in [0.25, 0.3) is 0 Å². The number of anilines is 1. The van der Waals surface area contributed by atoms with Crippen molar-refractivity contribution in [1.82, 2.24) is 10.2 Å². The van der Waals surface area contributed by atoms with E-state index in [1.165, 1.54) is 35.4 Å². The van der Waals surface area contributed by atoms with E-state index in [0.717, 1.165) is 11.1 Å². The minimum absolute atomic E-state index is 0.0762. The SMILES string of the molecule is CC(O)C(NC(=O)Nc1cccc(Cl)c1)C(=O)N1Cc2ccccc2C[C@@H]1C(=O)O.c1ccc2c(c1)C2. The zero-order chi connectivity index (χ0) is 26.5. The average Bonchev–Trinajstić information content (AvgIpc) is 3.66. The molecule has 9 heteroatoms. The van der Waals surface area contributed by atoms with Gasteiger partial charge < -0.3 is 25.7 Å². The number of hydrogen-bond acceptors (Lipinski definition) is 4. The van der Waals surface area contributed by atoms with Crippen LogP contribution in [0.15, 0.2) is 72.8 Å². The molecule has 2 aliphatic rings. The van der Waals surface area contributed by atoms with Gasteiger partial charge in [-0.3, -0.25) is 4.79 Å². The Kier molecular flexibility index (Phi) is 8.11. The van der Waals surface area contributed by atoms with Crippen molar-refractivity contribution in [3.8, 4) is 0 Å². The predicted octanol–water partition coefficient (Wildman–Crippen LogP) is 3.84. The molecule has 5 rings (SSSR count). The monoisotopic (exact) mass is 521 g/mol. The number of urea groups is 1. The van der Waals surface area contributed by atoms with E-state index >= 15 is 0 Å². The maximum Gasteiger partial charge on any atom is 0.326 e. The molecule has 0 spiro atoms. The highest BCUT2D eigenvalue weighted by atomic mass is 35.5. The molecule has 0 bridgehead atoms. The minimum atomic E-state index is -1.32. The number of aliphatic carboxylic acids is 1. The normalized spacial score (nSPS) is 16.6. The molecule has 3 aromatic rings. The number of aliphatic hydroxyl groups is 1. The lowest BCUT2D eigenvalue weighted by atomic mass is 9.93. The summed E-state index contributed by atoms with van der Waals surface area (Å²) in [6.07, 6.45) is 0.153. The van der Waals surface area contributed by atoms with E-state index in [1.54, 1.807) is 18.2 Å². The highest BCUT2D eigenvalue weighted by molar-refractivity contribution is 6.30. The number of carbonyl (C=O) groups excluding carboxylic acids is 2. The van der Waals surface area contributed by atoms with Gasteiger partial charge in [-0.2, -0.15) is 0 Å². The van der Waals surface area contributed by atoms with Crippen LogP contribution in [0.3, 0.4) is 0 Å². The first-order chi connectivity index (χ1) is 17.7. The summed E-state index contributed by atoms with van der Waals surface area (Å²) in [5.41, 5.74) is 5.15. The lowest BCUT2D eigenvalue weighted by Gasteiger charge is -2.37. The highest BCUT2D eigenvalue weighted by Crippen LogP contribution is 2.26. The van der Waals surface area contributed by atoms with Crippen LogP contribution in [0, 0.1) is 0 Å². The van der Waals surface area contributed by atoms with Gasteiger partial charge in [0.1, 0.15) is 12.1 Å². The molecule has 1 aliphatic heterocycles. The van der Waals surface area contributed by atoms with Crippen LogP contribution in [0.4, 0.5) is 10.5 Å². The topological polar surface area (TPSA) is 119 Å². The molecule has 0 saturated heterocycles. The zero-order valence-electron chi connectivity index (χ0n) is 20.2. The Hall–Kier alpha value is -3.88. The lowest BCUT2D eigenvalue weighted by molar-refractivity contribution is -0.153.